The van der Waals surface area contributed by atoms with Gasteiger partial charge in [-0.15, -0.1) is 0 Å². The van der Waals surface area contributed by atoms with Crippen molar-refractivity contribution in [3.05, 3.63) is 81.9 Å². The molecule has 0 saturated heterocycles. The predicted octanol–water partition coefficient (Wildman–Crippen LogP) is 7.12. The first-order chi connectivity index (χ1) is 16.7. The van der Waals surface area contributed by atoms with Gasteiger partial charge >= 0.3 is 0 Å². The first-order valence-corrected chi connectivity index (χ1v) is 12.9. The van der Waals surface area contributed by atoms with Crippen molar-refractivity contribution in [3.8, 4) is 0 Å². The van der Waals surface area contributed by atoms with Gasteiger partial charge in [-0.25, -0.2) is 0 Å². The molecule has 2 aliphatic rings. The van der Waals surface area contributed by atoms with Gasteiger partial charge in [-0.1, -0.05) is 101 Å². The first-order valence-electron chi connectivity index (χ1n) is 12.9. The van der Waals surface area contributed by atoms with Gasteiger partial charge in [0, 0.05) is 40.9 Å². The maximum atomic E-state index is 13.5. The number of benzene rings is 2. The highest BCUT2D eigenvalue weighted by atomic mass is 16.3. The number of hydrogen-bond acceptors (Lipinski definition) is 4. The Balaban J connectivity index is 1.76. The second-order valence-corrected chi connectivity index (χ2v) is 9.17. The number of aliphatic hydroxyl groups is 1. The van der Waals surface area contributed by atoms with Gasteiger partial charge in [-0.3, -0.25) is 9.79 Å². The number of allylic oxidation sites excluding steroid dienone is 2. The number of rotatable bonds is 12. The zero-order chi connectivity index (χ0) is 23.9. The van der Waals surface area contributed by atoms with E-state index < -0.39 is 0 Å². The van der Waals surface area contributed by atoms with Gasteiger partial charge in [0.05, 0.1) is 17.0 Å². The number of ketones is 1. The number of carbonyl (C=O) groups is 1. The standard InChI is InChI=1S/C30H36N2O2/c1-3-5-7-13-19-31-27-21-15-9-10-16-22(21)28(32-20-14-8-6-4-2)25(27)26-29(33)23-17-11-12-18-24(23)30(26)34/h9-12,15-18,31,33H,3-8,13-14,19-20H2,1-2H3. The average Bonchev–Trinajstić information content (AvgIpc) is 3.30. The van der Waals surface area contributed by atoms with E-state index in [1.54, 1.807) is 6.07 Å². The molecule has 4 rings (SSSR count). The summed E-state index contributed by atoms with van der Waals surface area (Å²) in [7, 11) is 0. The molecule has 0 atom stereocenters. The number of nitrogens with zero attached hydrogens (tertiary/aromatic N) is 1. The van der Waals surface area contributed by atoms with Crippen LogP contribution < -0.4 is 5.32 Å². The molecule has 0 radical (unpaired) electrons. The Hall–Kier alpha value is -3.14. The minimum Gasteiger partial charge on any atom is -0.506 e. The second-order valence-electron chi connectivity index (χ2n) is 9.17. The highest BCUT2D eigenvalue weighted by molar-refractivity contribution is 6.35. The lowest BCUT2D eigenvalue weighted by molar-refractivity contribution is 0.104. The number of unbranched alkanes of at least 4 members (excludes halogenated alkanes) is 6. The van der Waals surface area contributed by atoms with Crippen LogP contribution in [0.25, 0.3) is 11.5 Å². The largest absolute Gasteiger partial charge is 0.506 e. The van der Waals surface area contributed by atoms with Crippen molar-refractivity contribution < 1.29 is 9.90 Å². The normalized spacial score (nSPS) is 15.9. The van der Waals surface area contributed by atoms with Crippen molar-refractivity contribution in [1.29, 1.82) is 0 Å². The quantitative estimate of drug-likeness (QED) is 0.334. The molecule has 34 heavy (non-hydrogen) atoms. The highest BCUT2D eigenvalue weighted by Gasteiger charge is 2.39. The minimum atomic E-state index is -0.125. The summed E-state index contributed by atoms with van der Waals surface area (Å²) < 4.78 is 0. The van der Waals surface area contributed by atoms with Gasteiger partial charge in [0.2, 0.25) is 0 Å². The first kappa shape index (κ1) is 24.0. The van der Waals surface area contributed by atoms with Crippen LogP contribution in [0.3, 0.4) is 0 Å². The Bertz CT molecular complexity index is 1140. The van der Waals surface area contributed by atoms with Gasteiger partial charge < -0.3 is 10.4 Å². The maximum Gasteiger partial charge on any atom is 0.198 e. The number of fused-ring (bicyclic) bond motifs is 2. The molecule has 2 aromatic carbocycles. The monoisotopic (exact) mass is 456 g/mol. The average molecular weight is 457 g/mol. The van der Waals surface area contributed by atoms with Crippen LogP contribution in [-0.2, 0) is 0 Å². The summed E-state index contributed by atoms with van der Waals surface area (Å²) in [5.74, 6) is -0.0627. The van der Waals surface area contributed by atoms with Crippen molar-refractivity contribution in [1.82, 2.24) is 5.32 Å². The molecule has 0 saturated carbocycles. The molecular weight excluding hydrogens is 420 g/mol. The van der Waals surface area contributed by atoms with E-state index in [-0.39, 0.29) is 11.5 Å². The van der Waals surface area contributed by atoms with E-state index >= 15 is 0 Å². The summed E-state index contributed by atoms with van der Waals surface area (Å²) in [6, 6.07) is 15.5. The lowest BCUT2D eigenvalue weighted by atomic mass is 9.97. The summed E-state index contributed by atoms with van der Waals surface area (Å²) in [5.41, 5.74) is 6.13. The number of nitrogens with one attached hydrogen (secondary N) is 1. The maximum absolute atomic E-state index is 13.5. The molecular formula is C30H36N2O2. The van der Waals surface area contributed by atoms with Gasteiger partial charge in [0.15, 0.2) is 5.78 Å². The van der Waals surface area contributed by atoms with Crippen LogP contribution in [0, 0.1) is 0 Å². The highest BCUT2D eigenvalue weighted by Crippen LogP contribution is 2.42. The minimum absolute atomic E-state index is 0.0624. The van der Waals surface area contributed by atoms with Crippen LogP contribution in [0.4, 0.5) is 0 Å². The summed E-state index contributed by atoms with van der Waals surface area (Å²) >= 11 is 0. The van der Waals surface area contributed by atoms with Gasteiger partial charge in [-0.05, 0) is 12.8 Å². The Morgan fingerprint density at radius 2 is 1.35 bits per heavy atom. The lowest BCUT2D eigenvalue weighted by Crippen LogP contribution is -2.17. The van der Waals surface area contributed by atoms with Gasteiger partial charge in [0.25, 0.3) is 0 Å². The third kappa shape index (κ3) is 4.72. The zero-order valence-electron chi connectivity index (χ0n) is 20.5. The van der Waals surface area contributed by atoms with Crippen LogP contribution in [0.5, 0.6) is 0 Å². The van der Waals surface area contributed by atoms with Crippen LogP contribution in [0.1, 0.15) is 92.3 Å². The van der Waals surface area contributed by atoms with E-state index in [1.807, 2.05) is 30.3 Å². The third-order valence-electron chi connectivity index (χ3n) is 6.69. The number of hydrogen-bond donors (Lipinski definition) is 2. The van der Waals surface area contributed by atoms with E-state index in [0.29, 0.717) is 23.2 Å². The van der Waals surface area contributed by atoms with Crippen LogP contribution >= 0.6 is 0 Å². The Kier molecular flexibility index (Phi) is 7.99. The second kappa shape index (κ2) is 11.3. The zero-order valence-corrected chi connectivity index (χ0v) is 20.5. The van der Waals surface area contributed by atoms with Gasteiger partial charge in [-0.2, -0.15) is 0 Å². The molecule has 0 amide bonds. The van der Waals surface area contributed by atoms with Crippen molar-refractivity contribution >= 4 is 23.0 Å². The molecule has 4 nitrogen and oxygen atoms in total. The fourth-order valence-corrected chi connectivity index (χ4v) is 4.88. The molecule has 4 heteroatoms. The van der Waals surface area contributed by atoms with E-state index in [9.17, 15) is 9.90 Å². The predicted molar refractivity (Wildman–Crippen MR) is 141 cm³/mol. The van der Waals surface area contributed by atoms with Crippen molar-refractivity contribution in [3.63, 3.8) is 0 Å². The van der Waals surface area contributed by atoms with Crippen LogP contribution in [-0.4, -0.2) is 29.7 Å². The third-order valence-corrected chi connectivity index (χ3v) is 6.69. The SMILES string of the molecule is CCCCCCN=C1C(C2=C(O)c3ccccc3C2=O)=C(NCCCCCC)c2ccccc21. The molecule has 0 bridgehead atoms. The Labute approximate surface area is 203 Å². The molecule has 0 heterocycles. The number of Topliss-reactive ketones (excluding diaryl/α,β-unsaturated/α-hetero) is 1. The number of carbonyl (C=O) groups excluding carboxylic acids is 1. The summed E-state index contributed by atoms with van der Waals surface area (Å²) in [5, 5.41) is 14.8. The molecule has 0 aromatic heterocycles. The number of aliphatic hydroxyl groups excluding tert-OH is 1. The molecule has 0 spiro atoms. The van der Waals surface area contributed by atoms with Crippen LogP contribution in [0.2, 0.25) is 0 Å². The van der Waals surface area contributed by atoms with Crippen molar-refractivity contribution in [2.24, 2.45) is 4.99 Å². The van der Waals surface area contributed by atoms with E-state index in [4.69, 9.17) is 4.99 Å². The molecule has 0 fully saturated rings. The fourth-order valence-electron chi connectivity index (χ4n) is 4.88. The molecule has 2 aromatic rings. The molecule has 178 valence electrons. The molecule has 2 aliphatic carbocycles. The summed E-state index contributed by atoms with van der Waals surface area (Å²) in [4.78, 5) is 18.6. The lowest BCUT2D eigenvalue weighted by Gasteiger charge is -2.13. The van der Waals surface area contributed by atoms with Gasteiger partial charge in [0.1, 0.15) is 5.76 Å². The van der Waals surface area contributed by atoms with E-state index in [2.05, 4.69) is 31.3 Å². The summed E-state index contributed by atoms with van der Waals surface area (Å²) in [6.45, 7) is 5.96. The van der Waals surface area contributed by atoms with Crippen LogP contribution in [0.15, 0.2) is 64.7 Å². The smallest absolute Gasteiger partial charge is 0.198 e. The molecule has 2 N–H and O–H groups in total. The number of aliphatic imine (C=N–C) groups is 1. The Morgan fingerprint density at radius 3 is 2.03 bits per heavy atom. The Morgan fingerprint density at radius 1 is 0.735 bits per heavy atom. The van der Waals surface area contributed by atoms with Crippen molar-refractivity contribution in [2.45, 2.75) is 65.2 Å². The van der Waals surface area contributed by atoms with E-state index in [1.165, 1.54) is 32.1 Å². The van der Waals surface area contributed by atoms with Crippen molar-refractivity contribution in [2.75, 3.05) is 13.1 Å². The summed E-state index contributed by atoms with van der Waals surface area (Å²) in [6.07, 6.45) is 9.20. The topological polar surface area (TPSA) is 61.7 Å². The van der Waals surface area contributed by atoms with E-state index in [0.717, 1.165) is 53.9 Å². The fraction of sp³-hybridized carbons (Fsp3) is 0.400. The molecule has 0 unspecified atom stereocenters. The molecule has 0 aliphatic heterocycles.